The summed E-state index contributed by atoms with van der Waals surface area (Å²) < 4.78 is 17.3. The lowest BCUT2D eigenvalue weighted by Gasteiger charge is -2.24. The third-order valence-electron chi connectivity index (χ3n) is 2.81. The summed E-state index contributed by atoms with van der Waals surface area (Å²) in [5.74, 6) is -0.262. The molecule has 0 bridgehead atoms. The second-order valence-electron chi connectivity index (χ2n) is 5.36. The van der Waals surface area contributed by atoms with Crippen LogP contribution >= 0.6 is 25.0 Å². The Morgan fingerprint density at radius 3 is 2.63 bits per heavy atom. The minimum Gasteiger partial charge on any atom is -0.335 e. The Balaban J connectivity index is 2.73. The van der Waals surface area contributed by atoms with E-state index in [0.717, 1.165) is 19.4 Å². The van der Waals surface area contributed by atoms with Crippen LogP contribution in [-0.4, -0.2) is 29.0 Å². The molecule has 0 amide bonds. The highest BCUT2D eigenvalue weighted by atomic mass is 79.9. The molecule has 0 atom stereocenters. The minimum absolute atomic E-state index is 0.181. The van der Waals surface area contributed by atoms with Gasteiger partial charge in [-0.15, -0.1) is 3.69 Å². The average molecular weight is 356 g/mol. The molecule has 0 N–H and O–H groups in total. The maximum absolute atomic E-state index is 13.5. The molecule has 2 rings (SSSR count). The van der Waals surface area contributed by atoms with Gasteiger partial charge in [-0.3, -0.25) is 4.68 Å². The van der Waals surface area contributed by atoms with E-state index in [9.17, 15) is 4.39 Å². The SMILES string of the molecule is CC(C)(C)n1nc[c]([Mg][Cl])c1-c1cc(F)ccc1Br. The highest BCUT2D eigenvalue weighted by molar-refractivity contribution is 9.10. The first-order valence-corrected chi connectivity index (χ1v) is 9.57. The third-order valence-corrected chi connectivity index (χ3v) is 5.17. The van der Waals surface area contributed by atoms with Crippen LogP contribution in [0.1, 0.15) is 20.8 Å². The lowest BCUT2D eigenvalue weighted by Crippen LogP contribution is -2.26. The van der Waals surface area contributed by atoms with Crippen LogP contribution in [0.4, 0.5) is 4.39 Å². The summed E-state index contributed by atoms with van der Waals surface area (Å²) in [5, 5.41) is 4.43. The van der Waals surface area contributed by atoms with Gasteiger partial charge in [0, 0.05) is 21.9 Å². The molecular weight excluding hydrogens is 343 g/mol. The number of halogens is 3. The van der Waals surface area contributed by atoms with Crippen molar-refractivity contribution in [1.29, 1.82) is 0 Å². The van der Waals surface area contributed by atoms with Gasteiger partial charge < -0.3 is 9.07 Å². The fourth-order valence-electron chi connectivity index (χ4n) is 1.95. The number of aromatic nitrogens is 2. The molecule has 1 aromatic heterocycles. The summed E-state index contributed by atoms with van der Waals surface area (Å²) >= 11 is 2.58. The van der Waals surface area contributed by atoms with E-state index in [1.54, 1.807) is 12.3 Å². The molecule has 0 saturated carbocycles. The van der Waals surface area contributed by atoms with E-state index in [-0.39, 0.29) is 11.4 Å². The van der Waals surface area contributed by atoms with Crippen molar-refractivity contribution in [3.63, 3.8) is 0 Å². The van der Waals surface area contributed by atoms with E-state index in [4.69, 9.17) is 9.07 Å². The molecule has 0 radical (unpaired) electrons. The molecule has 0 saturated heterocycles. The van der Waals surface area contributed by atoms with Crippen LogP contribution in [-0.2, 0) is 5.54 Å². The van der Waals surface area contributed by atoms with E-state index >= 15 is 0 Å². The number of hydrogen-bond donors (Lipinski definition) is 0. The summed E-state index contributed by atoms with van der Waals surface area (Å²) in [7, 11) is 6.11. The number of hydrogen-bond acceptors (Lipinski definition) is 1. The fourth-order valence-corrected chi connectivity index (χ4v) is 3.59. The molecule has 1 heterocycles. The van der Waals surface area contributed by atoms with Crippen molar-refractivity contribution in [2.24, 2.45) is 0 Å². The Morgan fingerprint density at radius 1 is 1.37 bits per heavy atom. The van der Waals surface area contributed by atoms with Crippen molar-refractivity contribution in [3.05, 3.63) is 34.7 Å². The van der Waals surface area contributed by atoms with E-state index in [1.807, 2.05) is 4.68 Å². The van der Waals surface area contributed by atoms with Crippen molar-refractivity contribution in [3.8, 4) is 11.3 Å². The fraction of sp³-hybridized carbons (Fsp3) is 0.308. The molecule has 0 unspecified atom stereocenters. The van der Waals surface area contributed by atoms with Gasteiger partial charge in [-0.25, -0.2) is 4.39 Å². The molecule has 1 aromatic carbocycles. The Hall–Kier alpha value is -0.104. The summed E-state index contributed by atoms with van der Waals surface area (Å²) in [6.45, 7) is 6.20. The van der Waals surface area contributed by atoms with Gasteiger partial charge in [-0.05, 0) is 39.0 Å². The first kappa shape index (κ1) is 15.3. The lowest BCUT2D eigenvalue weighted by molar-refractivity contribution is 0.360. The van der Waals surface area contributed by atoms with Gasteiger partial charge in [0.1, 0.15) is 5.82 Å². The van der Waals surface area contributed by atoms with Crippen molar-refractivity contribution >= 4 is 48.0 Å². The molecule has 2 nitrogen and oxygen atoms in total. The van der Waals surface area contributed by atoms with Crippen molar-refractivity contribution in [2.75, 3.05) is 0 Å². The van der Waals surface area contributed by atoms with E-state index < -0.39 is 19.3 Å². The number of rotatable bonds is 2. The molecule has 0 aliphatic heterocycles. The van der Waals surface area contributed by atoms with E-state index in [1.165, 1.54) is 12.1 Å². The summed E-state index contributed by atoms with van der Waals surface area (Å²) in [6.07, 6.45) is 1.80. The van der Waals surface area contributed by atoms with Gasteiger partial charge >= 0.3 is 19.3 Å². The van der Waals surface area contributed by atoms with Crippen molar-refractivity contribution in [1.82, 2.24) is 9.78 Å². The molecule has 0 fully saturated rings. The van der Waals surface area contributed by atoms with Crippen molar-refractivity contribution < 1.29 is 4.39 Å². The van der Waals surface area contributed by atoms with Gasteiger partial charge in [0.25, 0.3) is 0 Å². The second-order valence-corrected chi connectivity index (χ2v) is 8.04. The zero-order chi connectivity index (χ0) is 14.2. The van der Waals surface area contributed by atoms with Crippen LogP contribution in [0.5, 0.6) is 0 Å². The Kier molecular flexibility index (Phi) is 4.60. The summed E-state index contributed by atoms with van der Waals surface area (Å²) in [5.41, 5.74) is 1.54. The quantitative estimate of drug-likeness (QED) is 0.751. The number of benzene rings is 1. The van der Waals surface area contributed by atoms with Crippen LogP contribution in [0.15, 0.2) is 28.9 Å². The molecule has 6 heteroatoms. The number of nitrogens with zero attached hydrogens (tertiary/aromatic N) is 2. The minimum atomic E-state index is -0.901. The van der Waals surface area contributed by atoms with Gasteiger partial charge in [-0.2, -0.15) is 5.10 Å². The van der Waals surface area contributed by atoms with Crippen LogP contribution in [0.25, 0.3) is 11.3 Å². The molecule has 2 aromatic rings. The lowest BCUT2D eigenvalue weighted by atomic mass is 10.1. The average Bonchev–Trinajstić information content (AvgIpc) is 2.75. The second kappa shape index (κ2) is 5.72. The Morgan fingerprint density at radius 2 is 2.05 bits per heavy atom. The third kappa shape index (κ3) is 3.15. The zero-order valence-corrected chi connectivity index (χ0v) is 14.8. The standard InChI is InChI=1S/C13H13BrFN2.ClH.Mg/c1-13(2,3)17-12(6-7-16-17)10-8-9(15)4-5-11(10)14;;/h4-5,7-8H,1-3H3;1H;/q;;+1/p-1. The Labute approximate surface area is 134 Å². The maximum atomic E-state index is 13.5. The monoisotopic (exact) mass is 354 g/mol. The first-order valence-electron chi connectivity index (χ1n) is 5.93. The van der Waals surface area contributed by atoms with Crippen LogP contribution < -0.4 is 3.69 Å². The molecule has 0 aliphatic rings. The molecular formula is C13H13BrClFMgN2. The van der Waals surface area contributed by atoms with Crippen LogP contribution in [0.2, 0.25) is 0 Å². The summed E-state index contributed by atoms with van der Waals surface area (Å²) in [6, 6.07) is 4.67. The van der Waals surface area contributed by atoms with Crippen molar-refractivity contribution in [2.45, 2.75) is 26.3 Å². The summed E-state index contributed by atoms with van der Waals surface area (Å²) in [4.78, 5) is 0. The van der Waals surface area contributed by atoms with E-state index in [0.29, 0.717) is 0 Å². The first-order chi connectivity index (χ1) is 8.84. The smallest absolute Gasteiger partial charge is 0.335 e. The van der Waals surface area contributed by atoms with E-state index in [2.05, 4.69) is 41.8 Å². The highest BCUT2D eigenvalue weighted by Crippen LogP contribution is 2.30. The van der Waals surface area contributed by atoms with Gasteiger partial charge in [0.2, 0.25) is 0 Å². The van der Waals surface area contributed by atoms with Crippen LogP contribution in [0.3, 0.4) is 0 Å². The largest absolute Gasteiger partial charge is 0.543 e. The molecule has 98 valence electrons. The normalized spacial score (nSPS) is 11.5. The van der Waals surface area contributed by atoms with Crippen LogP contribution in [0, 0.1) is 5.82 Å². The maximum Gasteiger partial charge on any atom is 0.543 e. The van der Waals surface area contributed by atoms with Gasteiger partial charge in [0.05, 0.1) is 5.54 Å². The van der Waals surface area contributed by atoms with Gasteiger partial charge in [0.15, 0.2) is 0 Å². The molecule has 0 aliphatic carbocycles. The van der Waals surface area contributed by atoms with Gasteiger partial charge in [-0.1, -0.05) is 15.9 Å². The Bertz CT molecular complexity index is 607. The molecule has 19 heavy (non-hydrogen) atoms. The highest BCUT2D eigenvalue weighted by Gasteiger charge is 2.23. The predicted molar refractivity (Wildman–Crippen MR) is 81.6 cm³/mol. The molecule has 0 spiro atoms. The topological polar surface area (TPSA) is 17.8 Å². The zero-order valence-electron chi connectivity index (χ0n) is 11.0. The predicted octanol–water partition coefficient (Wildman–Crippen LogP) is 3.69.